The van der Waals surface area contributed by atoms with E-state index in [1.807, 2.05) is 0 Å². The van der Waals surface area contributed by atoms with E-state index in [1.54, 1.807) is 13.8 Å². The molecule has 0 aromatic carbocycles. The summed E-state index contributed by atoms with van der Waals surface area (Å²) >= 11 is 0. The third-order valence-electron chi connectivity index (χ3n) is 3.86. The molecule has 8 N–H and O–H groups in total. The number of nitrogens with one attached hydrogen (secondary N) is 3. The van der Waals surface area contributed by atoms with Crippen molar-refractivity contribution in [2.24, 2.45) is 11.7 Å². The van der Waals surface area contributed by atoms with Crippen molar-refractivity contribution in [3.05, 3.63) is 0 Å². The molecule has 0 aliphatic carbocycles. The molecular formula is C16H30N4O7. The average molecular weight is 390 g/mol. The second-order valence-corrected chi connectivity index (χ2v) is 6.79. The Labute approximate surface area is 157 Å². The molecule has 6 atom stereocenters. The molecule has 0 spiro atoms. The van der Waals surface area contributed by atoms with Crippen LogP contribution in [0.4, 0.5) is 0 Å². The first kappa shape index (κ1) is 24.8. The summed E-state index contributed by atoms with van der Waals surface area (Å²) in [6.45, 7) is 7.10. The highest BCUT2D eigenvalue weighted by molar-refractivity contribution is 5.94. The van der Waals surface area contributed by atoms with Crippen LogP contribution in [-0.4, -0.2) is 75.4 Å². The number of amides is 3. The first-order valence-electron chi connectivity index (χ1n) is 8.55. The van der Waals surface area contributed by atoms with Gasteiger partial charge in [-0.15, -0.1) is 0 Å². The van der Waals surface area contributed by atoms with Gasteiger partial charge >= 0.3 is 5.97 Å². The fourth-order valence-electron chi connectivity index (χ4n) is 2.02. The Morgan fingerprint density at radius 1 is 0.741 bits per heavy atom. The molecule has 0 radical (unpaired) electrons. The van der Waals surface area contributed by atoms with Gasteiger partial charge in [-0.2, -0.15) is 0 Å². The van der Waals surface area contributed by atoms with Crippen molar-refractivity contribution in [1.82, 2.24) is 16.0 Å². The molecule has 0 saturated heterocycles. The molecule has 0 heterocycles. The summed E-state index contributed by atoms with van der Waals surface area (Å²) in [6, 6.07) is -4.98. The van der Waals surface area contributed by atoms with Crippen molar-refractivity contribution in [2.75, 3.05) is 0 Å². The quantitative estimate of drug-likeness (QED) is 0.209. The van der Waals surface area contributed by atoms with Crippen molar-refractivity contribution in [1.29, 1.82) is 0 Å². The Hall–Kier alpha value is -2.24. The van der Waals surface area contributed by atoms with Crippen LogP contribution in [0.5, 0.6) is 0 Å². The normalized spacial score (nSPS) is 17.8. The van der Waals surface area contributed by atoms with Crippen LogP contribution in [0.25, 0.3) is 0 Å². The van der Waals surface area contributed by atoms with Crippen LogP contribution in [-0.2, 0) is 19.2 Å². The lowest BCUT2D eigenvalue weighted by Gasteiger charge is -2.28. The van der Waals surface area contributed by atoms with E-state index in [-0.39, 0.29) is 0 Å². The van der Waals surface area contributed by atoms with Crippen molar-refractivity contribution < 1.29 is 34.5 Å². The van der Waals surface area contributed by atoms with Crippen LogP contribution < -0.4 is 21.7 Å². The number of carboxylic acid groups (broad SMARTS) is 1. The van der Waals surface area contributed by atoms with Crippen molar-refractivity contribution in [3.8, 4) is 0 Å². The van der Waals surface area contributed by atoms with E-state index in [4.69, 9.17) is 10.8 Å². The van der Waals surface area contributed by atoms with Gasteiger partial charge < -0.3 is 37.0 Å². The molecule has 6 unspecified atom stereocenters. The first-order chi connectivity index (χ1) is 12.3. The van der Waals surface area contributed by atoms with Crippen LogP contribution in [0.1, 0.15) is 34.6 Å². The molecule has 0 aromatic rings. The minimum absolute atomic E-state index is 0.403. The van der Waals surface area contributed by atoms with Gasteiger partial charge in [0.05, 0.1) is 12.2 Å². The summed E-state index contributed by atoms with van der Waals surface area (Å²) in [5, 5.41) is 34.9. The topological polar surface area (TPSA) is 191 Å². The molecular weight excluding hydrogens is 360 g/mol. The molecule has 11 nitrogen and oxygen atoms in total. The Morgan fingerprint density at radius 2 is 1.19 bits per heavy atom. The minimum atomic E-state index is -1.42. The highest BCUT2D eigenvalue weighted by atomic mass is 16.4. The highest BCUT2D eigenvalue weighted by Gasteiger charge is 2.33. The van der Waals surface area contributed by atoms with Gasteiger partial charge in [0, 0.05) is 0 Å². The van der Waals surface area contributed by atoms with Crippen LogP contribution in [0.2, 0.25) is 0 Å². The standard InChI is InChI=1S/C16H30N4O7/c1-6(2)11(14(24)18-7(3)16(26)27)19-15(25)12(9(5)22)20-13(23)10(17)8(4)21/h6-12,21-22H,17H2,1-5H3,(H,18,24)(H,19,25)(H,20,23)(H,26,27). The van der Waals surface area contributed by atoms with Gasteiger partial charge in [0.25, 0.3) is 0 Å². The molecule has 0 aromatic heterocycles. The molecule has 0 bridgehead atoms. The Kier molecular flexibility index (Phi) is 9.90. The molecule has 0 aliphatic rings. The predicted molar refractivity (Wildman–Crippen MR) is 95.3 cm³/mol. The largest absolute Gasteiger partial charge is 0.480 e. The second-order valence-electron chi connectivity index (χ2n) is 6.79. The fourth-order valence-corrected chi connectivity index (χ4v) is 2.02. The maximum atomic E-state index is 12.5. The fraction of sp³-hybridized carbons (Fsp3) is 0.750. The van der Waals surface area contributed by atoms with Crippen molar-refractivity contribution >= 4 is 23.7 Å². The molecule has 0 saturated carbocycles. The summed E-state index contributed by atoms with van der Waals surface area (Å²) < 4.78 is 0. The maximum Gasteiger partial charge on any atom is 0.325 e. The molecule has 0 aliphatic heterocycles. The van der Waals surface area contributed by atoms with E-state index in [9.17, 15) is 29.4 Å². The molecule has 0 rings (SSSR count). The number of nitrogens with two attached hydrogens (primary N) is 1. The van der Waals surface area contributed by atoms with E-state index in [2.05, 4.69) is 16.0 Å². The van der Waals surface area contributed by atoms with Crippen LogP contribution >= 0.6 is 0 Å². The van der Waals surface area contributed by atoms with Crippen LogP contribution in [0.3, 0.4) is 0 Å². The van der Waals surface area contributed by atoms with Gasteiger partial charge in [0.1, 0.15) is 24.2 Å². The summed E-state index contributed by atoms with van der Waals surface area (Å²) in [6.07, 6.45) is -2.49. The zero-order valence-electron chi connectivity index (χ0n) is 16.1. The van der Waals surface area contributed by atoms with E-state index >= 15 is 0 Å². The number of rotatable bonds is 10. The van der Waals surface area contributed by atoms with Gasteiger partial charge in [-0.3, -0.25) is 19.2 Å². The van der Waals surface area contributed by atoms with E-state index in [0.717, 1.165) is 0 Å². The molecule has 11 heteroatoms. The number of aliphatic carboxylic acids is 1. The van der Waals surface area contributed by atoms with Gasteiger partial charge in [0.15, 0.2) is 0 Å². The van der Waals surface area contributed by atoms with E-state index in [1.165, 1.54) is 20.8 Å². The van der Waals surface area contributed by atoms with Gasteiger partial charge in [-0.1, -0.05) is 13.8 Å². The Balaban J connectivity index is 5.22. The maximum absolute atomic E-state index is 12.5. The number of hydrogen-bond acceptors (Lipinski definition) is 7. The number of hydrogen-bond donors (Lipinski definition) is 7. The van der Waals surface area contributed by atoms with Crippen LogP contribution in [0.15, 0.2) is 0 Å². The summed E-state index contributed by atoms with van der Waals surface area (Å²) in [4.78, 5) is 47.5. The predicted octanol–water partition coefficient (Wildman–Crippen LogP) is -2.71. The summed E-state index contributed by atoms with van der Waals surface area (Å²) in [7, 11) is 0. The van der Waals surface area contributed by atoms with Gasteiger partial charge in [-0.25, -0.2) is 0 Å². The van der Waals surface area contributed by atoms with Crippen molar-refractivity contribution in [3.63, 3.8) is 0 Å². The lowest BCUT2D eigenvalue weighted by molar-refractivity contribution is -0.142. The number of aliphatic hydroxyl groups is 2. The number of carboxylic acids is 1. The SMILES string of the molecule is CC(NC(=O)C(NC(=O)C(NC(=O)C(N)C(C)O)C(C)O)C(C)C)C(=O)O. The van der Waals surface area contributed by atoms with E-state index in [0.29, 0.717) is 0 Å². The number of carbonyl (C=O) groups is 4. The number of aliphatic hydroxyl groups excluding tert-OH is 2. The minimum Gasteiger partial charge on any atom is -0.480 e. The zero-order valence-corrected chi connectivity index (χ0v) is 16.1. The Bertz CT molecular complexity index is 551. The lowest BCUT2D eigenvalue weighted by atomic mass is 10.0. The first-order valence-corrected chi connectivity index (χ1v) is 8.55. The monoisotopic (exact) mass is 390 g/mol. The Morgan fingerprint density at radius 3 is 1.56 bits per heavy atom. The van der Waals surface area contributed by atoms with Gasteiger partial charge in [-0.05, 0) is 26.7 Å². The average Bonchev–Trinajstić information content (AvgIpc) is 2.54. The van der Waals surface area contributed by atoms with Crippen LogP contribution in [0, 0.1) is 5.92 Å². The molecule has 156 valence electrons. The molecule has 27 heavy (non-hydrogen) atoms. The lowest BCUT2D eigenvalue weighted by Crippen LogP contribution is -2.61. The molecule has 3 amide bonds. The molecule has 0 fully saturated rings. The summed E-state index contributed by atoms with van der Waals surface area (Å²) in [5.41, 5.74) is 5.49. The van der Waals surface area contributed by atoms with Gasteiger partial charge in [0.2, 0.25) is 17.7 Å². The smallest absolute Gasteiger partial charge is 0.325 e. The van der Waals surface area contributed by atoms with E-state index < -0.39 is 66.0 Å². The number of carbonyl (C=O) groups excluding carboxylic acids is 3. The third kappa shape index (κ3) is 7.89. The second kappa shape index (κ2) is 10.8. The highest BCUT2D eigenvalue weighted by Crippen LogP contribution is 2.05. The third-order valence-corrected chi connectivity index (χ3v) is 3.86. The zero-order chi connectivity index (χ0) is 21.5. The summed E-state index contributed by atoms with van der Waals surface area (Å²) in [5.74, 6) is -4.06. The van der Waals surface area contributed by atoms with Crippen molar-refractivity contribution in [2.45, 2.75) is 71.0 Å².